The topological polar surface area (TPSA) is 32.7 Å². The van der Waals surface area contributed by atoms with E-state index in [4.69, 9.17) is 16.3 Å². The second-order valence-corrected chi connectivity index (χ2v) is 8.69. The number of benzene rings is 3. The lowest BCUT2D eigenvalue weighted by Gasteiger charge is -2.30. The van der Waals surface area contributed by atoms with E-state index >= 15 is 0 Å². The Morgan fingerprint density at radius 1 is 0.844 bits per heavy atom. The molecular weight excluding hydrogens is 418 g/mol. The summed E-state index contributed by atoms with van der Waals surface area (Å²) in [5.74, 6) is 0.817. The highest BCUT2D eigenvalue weighted by Crippen LogP contribution is 2.35. The highest BCUT2D eigenvalue weighted by Gasteiger charge is 2.31. The van der Waals surface area contributed by atoms with Crippen molar-refractivity contribution in [2.75, 3.05) is 26.2 Å². The number of likely N-dealkylation sites (N-methyl/N-ethyl adjacent to an activating group) is 1. The van der Waals surface area contributed by atoms with E-state index in [0.29, 0.717) is 18.1 Å². The van der Waals surface area contributed by atoms with Crippen LogP contribution in [0.3, 0.4) is 0 Å². The standard InChI is InChI=1S/C28H34ClNO2/c1-4-30(5-2)20-21-32-27-16-12-25(13-17-27)28(31,24-10-14-26(29)15-11-24)19-18-23-8-6-22(3)7-9-23/h6-17,31H,4-5,18-21H2,1-3H3. The number of nitrogens with zero attached hydrogens (tertiary/aromatic N) is 1. The highest BCUT2D eigenvalue weighted by molar-refractivity contribution is 6.30. The Morgan fingerprint density at radius 2 is 1.41 bits per heavy atom. The van der Waals surface area contributed by atoms with E-state index in [9.17, 15) is 5.11 Å². The summed E-state index contributed by atoms with van der Waals surface area (Å²) in [4.78, 5) is 2.33. The molecule has 0 radical (unpaired) electrons. The van der Waals surface area contributed by atoms with Gasteiger partial charge in [-0.1, -0.05) is 79.5 Å². The van der Waals surface area contributed by atoms with Gasteiger partial charge in [0, 0.05) is 11.6 Å². The summed E-state index contributed by atoms with van der Waals surface area (Å²) in [6.07, 6.45) is 1.33. The van der Waals surface area contributed by atoms with Crippen molar-refractivity contribution in [3.05, 3.63) is 100 Å². The van der Waals surface area contributed by atoms with Crippen LogP contribution in [-0.4, -0.2) is 36.2 Å². The summed E-state index contributed by atoms with van der Waals surface area (Å²) in [5, 5.41) is 12.5. The van der Waals surface area contributed by atoms with Gasteiger partial charge in [-0.3, -0.25) is 0 Å². The number of hydrogen-bond acceptors (Lipinski definition) is 3. The van der Waals surface area contributed by atoms with Gasteiger partial charge in [0.05, 0.1) is 0 Å². The first-order chi connectivity index (χ1) is 15.4. The van der Waals surface area contributed by atoms with E-state index in [1.165, 1.54) is 11.1 Å². The summed E-state index contributed by atoms with van der Waals surface area (Å²) in [5.41, 5.74) is 3.01. The lowest BCUT2D eigenvalue weighted by molar-refractivity contribution is 0.0712. The van der Waals surface area contributed by atoms with Crippen LogP contribution in [0.5, 0.6) is 5.75 Å². The Bertz CT molecular complexity index is 950. The van der Waals surface area contributed by atoms with Crippen LogP contribution in [0.15, 0.2) is 72.8 Å². The smallest absolute Gasteiger partial charge is 0.119 e. The first-order valence-electron chi connectivity index (χ1n) is 11.4. The fourth-order valence-corrected chi connectivity index (χ4v) is 4.05. The van der Waals surface area contributed by atoms with Crippen molar-refractivity contribution in [3.63, 3.8) is 0 Å². The first-order valence-corrected chi connectivity index (χ1v) is 11.8. The van der Waals surface area contributed by atoms with Gasteiger partial charge < -0.3 is 14.7 Å². The zero-order chi connectivity index (χ0) is 23.0. The third-order valence-electron chi connectivity index (χ3n) is 6.12. The molecule has 4 heteroatoms. The fourth-order valence-electron chi connectivity index (χ4n) is 3.92. The number of rotatable bonds is 11. The van der Waals surface area contributed by atoms with Gasteiger partial charge in [0.2, 0.25) is 0 Å². The fraction of sp³-hybridized carbons (Fsp3) is 0.357. The van der Waals surface area contributed by atoms with Crippen LogP contribution >= 0.6 is 11.6 Å². The zero-order valence-electron chi connectivity index (χ0n) is 19.4. The van der Waals surface area contributed by atoms with Gasteiger partial charge in [0.25, 0.3) is 0 Å². The SMILES string of the molecule is CCN(CC)CCOc1ccc(C(O)(CCc2ccc(C)cc2)c2ccc(Cl)cc2)cc1. The predicted octanol–water partition coefficient (Wildman–Crippen LogP) is 6.24. The molecule has 0 aliphatic carbocycles. The van der Waals surface area contributed by atoms with Crippen molar-refractivity contribution in [2.45, 2.75) is 39.2 Å². The molecule has 0 saturated heterocycles. The van der Waals surface area contributed by atoms with E-state index in [2.05, 4.69) is 49.9 Å². The van der Waals surface area contributed by atoms with Gasteiger partial charge in [0.1, 0.15) is 18.0 Å². The van der Waals surface area contributed by atoms with Crippen LogP contribution in [-0.2, 0) is 12.0 Å². The second kappa shape index (κ2) is 11.5. The first kappa shape index (κ1) is 24.3. The molecule has 0 spiro atoms. The summed E-state index contributed by atoms with van der Waals surface area (Å²) < 4.78 is 5.93. The molecule has 0 aliphatic rings. The summed E-state index contributed by atoms with van der Waals surface area (Å²) in [6.45, 7) is 10.00. The van der Waals surface area contributed by atoms with Crippen LogP contribution < -0.4 is 4.74 Å². The average molecular weight is 452 g/mol. The van der Waals surface area contributed by atoms with E-state index in [1.54, 1.807) is 0 Å². The molecule has 0 aliphatic heterocycles. The summed E-state index contributed by atoms with van der Waals surface area (Å²) >= 11 is 6.11. The molecule has 3 rings (SSSR count). The van der Waals surface area contributed by atoms with Crippen LogP contribution in [0.2, 0.25) is 5.02 Å². The normalized spacial score (nSPS) is 13.2. The number of hydrogen-bond donors (Lipinski definition) is 1. The van der Waals surface area contributed by atoms with Crippen molar-refractivity contribution in [1.29, 1.82) is 0 Å². The van der Waals surface area contributed by atoms with Gasteiger partial charge in [-0.05, 0) is 73.8 Å². The van der Waals surface area contributed by atoms with Crippen LogP contribution in [0.1, 0.15) is 42.5 Å². The molecular formula is C28H34ClNO2. The minimum atomic E-state index is -1.12. The summed E-state index contributed by atoms with van der Waals surface area (Å²) in [6, 6.07) is 23.8. The van der Waals surface area contributed by atoms with E-state index < -0.39 is 5.60 Å². The molecule has 170 valence electrons. The Kier molecular flexibility index (Phi) is 8.75. The average Bonchev–Trinajstić information content (AvgIpc) is 2.82. The molecule has 0 aromatic heterocycles. The molecule has 3 nitrogen and oxygen atoms in total. The predicted molar refractivity (Wildman–Crippen MR) is 134 cm³/mol. The number of ether oxygens (including phenoxy) is 1. The number of aryl methyl sites for hydroxylation is 2. The zero-order valence-corrected chi connectivity index (χ0v) is 20.1. The van der Waals surface area contributed by atoms with E-state index in [1.807, 2.05) is 48.5 Å². The molecule has 3 aromatic rings. The van der Waals surface area contributed by atoms with Crippen molar-refractivity contribution in [3.8, 4) is 5.75 Å². The lowest BCUT2D eigenvalue weighted by Crippen LogP contribution is -2.28. The Labute approximate surface area is 197 Å². The molecule has 1 N–H and O–H groups in total. The van der Waals surface area contributed by atoms with Crippen LogP contribution in [0, 0.1) is 6.92 Å². The molecule has 1 atom stereocenters. The highest BCUT2D eigenvalue weighted by atomic mass is 35.5. The monoisotopic (exact) mass is 451 g/mol. The van der Waals surface area contributed by atoms with Gasteiger partial charge in [-0.25, -0.2) is 0 Å². The Balaban J connectivity index is 1.78. The largest absolute Gasteiger partial charge is 0.492 e. The molecule has 1 unspecified atom stereocenters. The van der Waals surface area contributed by atoms with Gasteiger partial charge in [-0.15, -0.1) is 0 Å². The van der Waals surface area contributed by atoms with Crippen molar-refractivity contribution in [2.24, 2.45) is 0 Å². The quantitative estimate of drug-likeness (QED) is 0.374. The van der Waals surface area contributed by atoms with Gasteiger partial charge in [0.15, 0.2) is 0 Å². The Morgan fingerprint density at radius 3 is 1.97 bits per heavy atom. The maximum absolute atomic E-state index is 11.9. The van der Waals surface area contributed by atoms with Crippen LogP contribution in [0.4, 0.5) is 0 Å². The van der Waals surface area contributed by atoms with Gasteiger partial charge >= 0.3 is 0 Å². The number of halogens is 1. The third-order valence-corrected chi connectivity index (χ3v) is 6.37. The maximum Gasteiger partial charge on any atom is 0.119 e. The van der Waals surface area contributed by atoms with E-state index in [-0.39, 0.29) is 0 Å². The minimum Gasteiger partial charge on any atom is -0.492 e. The molecule has 32 heavy (non-hydrogen) atoms. The van der Waals surface area contributed by atoms with Crippen molar-refractivity contribution < 1.29 is 9.84 Å². The van der Waals surface area contributed by atoms with Crippen LogP contribution in [0.25, 0.3) is 0 Å². The second-order valence-electron chi connectivity index (χ2n) is 8.25. The molecule has 0 saturated carbocycles. The van der Waals surface area contributed by atoms with Crippen molar-refractivity contribution in [1.82, 2.24) is 4.90 Å². The lowest BCUT2D eigenvalue weighted by atomic mass is 9.81. The minimum absolute atomic E-state index is 0.569. The molecule has 0 heterocycles. The van der Waals surface area contributed by atoms with Crippen molar-refractivity contribution >= 4 is 11.6 Å². The van der Waals surface area contributed by atoms with Gasteiger partial charge in [-0.2, -0.15) is 0 Å². The number of aliphatic hydroxyl groups is 1. The summed E-state index contributed by atoms with van der Waals surface area (Å²) in [7, 11) is 0. The molecule has 0 fully saturated rings. The molecule has 0 bridgehead atoms. The Hall–Kier alpha value is -2.33. The molecule has 3 aromatic carbocycles. The third kappa shape index (κ3) is 6.35. The maximum atomic E-state index is 11.9. The van der Waals surface area contributed by atoms with E-state index in [0.717, 1.165) is 42.9 Å². The molecule has 0 amide bonds.